The molecule has 5 nitrogen and oxygen atoms in total. The number of hydrogen-bond acceptors (Lipinski definition) is 4. The molecule has 2 aromatic rings. The molecule has 20 heavy (non-hydrogen) atoms. The Labute approximate surface area is 121 Å². The first-order chi connectivity index (χ1) is 9.69. The zero-order valence-electron chi connectivity index (χ0n) is 11.0. The van der Waals surface area contributed by atoms with Crippen molar-refractivity contribution in [2.45, 2.75) is 19.5 Å². The van der Waals surface area contributed by atoms with Crippen molar-refractivity contribution in [3.63, 3.8) is 0 Å². The molecule has 104 valence electrons. The summed E-state index contributed by atoms with van der Waals surface area (Å²) in [6, 6.07) is 3.55. The Bertz CT molecular complexity index is 622. The third kappa shape index (κ3) is 3.95. The lowest BCUT2D eigenvalue weighted by Gasteiger charge is -2.13. The van der Waals surface area contributed by atoms with Crippen LogP contribution < -0.4 is 5.32 Å². The van der Waals surface area contributed by atoms with E-state index in [1.165, 1.54) is 11.3 Å². The number of nitrogens with zero attached hydrogens (tertiary/aromatic N) is 2. The molecular weight excluding hydrogens is 274 g/mol. The molecule has 2 rings (SSSR count). The number of carbonyl (C=O) groups excluding carboxylic acids is 1. The molecule has 0 radical (unpaired) electrons. The van der Waals surface area contributed by atoms with Crippen LogP contribution in [0.5, 0.6) is 0 Å². The van der Waals surface area contributed by atoms with Crippen molar-refractivity contribution in [1.29, 1.82) is 0 Å². The molecule has 1 unspecified atom stereocenters. The van der Waals surface area contributed by atoms with E-state index in [0.717, 1.165) is 4.88 Å². The maximum atomic E-state index is 12.0. The summed E-state index contributed by atoms with van der Waals surface area (Å²) in [6.07, 6.45) is 3.56. The number of amides is 1. The fraction of sp³-hybridized carbons (Fsp3) is 0.286. The van der Waals surface area contributed by atoms with Gasteiger partial charge in [-0.3, -0.25) is 9.48 Å². The first-order valence-electron chi connectivity index (χ1n) is 6.15. The van der Waals surface area contributed by atoms with Crippen molar-refractivity contribution in [2.75, 3.05) is 6.61 Å². The number of rotatable bonds is 4. The standard InChI is InChI=1S/C14H15N3O2S/c1-11(9-17-6-3-5-15-17)16-14(19)12-8-13(20-10-12)4-2-7-18/h3,5-6,8,10-11,18H,7,9H2,1H3,(H,16,19). The molecule has 0 aliphatic rings. The number of aliphatic hydroxyl groups is 1. The third-order valence-electron chi connectivity index (χ3n) is 2.55. The molecule has 0 saturated heterocycles. The highest BCUT2D eigenvalue weighted by molar-refractivity contribution is 7.10. The molecule has 0 spiro atoms. The lowest BCUT2D eigenvalue weighted by atomic mass is 10.2. The summed E-state index contributed by atoms with van der Waals surface area (Å²) < 4.78 is 1.77. The Balaban J connectivity index is 1.92. The lowest BCUT2D eigenvalue weighted by molar-refractivity contribution is 0.0936. The first kappa shape index (κ1) is 14.3. The quantitative estimate of drug-likeness (QED) is 0.829. The summed E-state index contributed by atoms with van der Waals surface area (Å²) in [6.45, 7) is 2.37. The summed E-state index contributed by atoms with van der Waals surface area (Å²) >= 11 is 1.39. The topological polar surface area (TPSA) is 67.2 Å². The van der Waals surface area contributed by atoms with E-state index < -0.39 is 0 Å². The van der Waals surface area contributed by atoms with Crippen LogP contribution in [0.1, 0.15) is 22.2 Å². The van der Waals surface area contributed by atoms with E-state index in [1.54, 1.807) is 22.3 Å². The van der Waals surface area contributed by atoms with Gasteiger partial charge in [0, 0.05) is 23.8 Å². The van der Waals surface area contributed by atoms with Crippen molar-refractivity contribution >= 4 is 17.2 Å². The van der Waals surface area contributed by atoms with Gasteiger partial charge in [0.2, 0.25) is 0 Å². The van der Waals surface area contributed by atoms with Crippen LogP contribution >= 0.6 is 11.3 Å². The van der Waals surface area contributed by atoms with E-state index in [2.05, 4.69) is 22.3 Å². The summed E-state index contributed by atoms with van der Waals surface area (Å²) in [4.78, 5) is 12.8. The predicted molar refractivity (Wildman–Crippen MR) is 77.4 cm³/mol. The highest BCUT2D eigenvalue weighted by atomic mass is 32.1. The number of aromatic nitrogens is 2. The highest BCUT2D eigenvalue weighted by Crippen LogP contribution is 2.13. The third-order valence-corrected chi connectivity index (χ3v) is 3.40. The number of hydrogen-bond donors (Lipinski definition) is 2. The Morgan fingerprint density at radius 2 is 2.50 bits per heavy atom. The second-order valence-corrected chi connectivity index (χ2v) is 5.17. The van der Waals surface area contributed by atoms with Gasteiger partial charge in [-0.1, -0.05) is 11.8 Å². The monoisotopic (exact) mass is 289 g/mol. The fourth-order valence-electron chi connectivity index (χ4n) is 1.69. The van der Waals surface area contributed by atoms with Gasteiger partial charge >= 0.3 is 0 Å². The van der Waals surface area contributed by atoms with E-state index in [-0.39, 0.29) is 18.6 Å². The van der Waals surface area contributed by atoms with Gasteiger partial charge in [0.1, 0.15) is 6.61 Å². The summed E-state index contributed by atoms with van der Waals surface area (Å²) in [7, 11) is 0. The molecule has 0 bridgehead atoms. The molecular formula is C14H15N3O2S. The van der Waals surface area contributed by atoms with Gasteiger partial charge in [-0.15, -0.1) is 11.3 Å². The van der Waals surface area contributed by atoms with Crippen LogP contribution in [0.4, 0.5) is 0 Å². The van der Waals surface area contributed by atoms with E-state index in [0.29, 0.717) is 12.1 Å². The zero-order chi connectivity index (χ0) is 14.4. The Kier molecular flexibility index (Phi) is 4.93. The van der Waals surface area contributed by atoms with Gasteiger partial charge in [0.15, 0.2) is 0 Å². The maximum Gasteiger partial charge on any atom is 0.252 e. The van der Waals surface area contributed by atoms with Crippen molar-refractivity contribution < 1.29 is 9.90 Å². The van der Waals surface area contributed by atoms with Crippen LogP contribution in [0, 0.1) is 11.8 Å². The molecule has 2 aromatic heterocycles. The number of nitrogens with one attached hydrogen (secondary N) is 1. The SMILES string of the molecule is CC(Cn1cccn1)NC(=O)c1csc(C#CCO)c1. The van der Waals surface area contributed by atoms with Crippen LogP contribution in [0.15, 0.2) is 29.9 Å². The largest absolute Gasteiger partial charge is 0.384 e. The van der Waals surface area contributed by atoms with Crippen molar-refractivity contribution in [2.24, 2.45) is 0 Å². The molecule has 0 saturated carbocycles. The van der Waals surface area contributed by atoms with E-state index in [4.69, 9.17) is 5.11 Å². The maximum absolute atomic E-state index is 12.0. The minimum Gasteiger partial charge on any atom is -0.384 e. The number of aliphatic hydroxyl groups excluding tert-OH is 1. The first-order valence-corrected chi connectivity index (χ1v) is 7.03. The van der Waals surface area contributed by atoms with Crippen molar-refractivity contribution in [3.8, 4) is 11.8 Å². The normalized spacial score (nSPS) is 11.5. The second-order valence-electron chi connectivity index (χ2n) is 4.26. The molecule has 0 aliphatic carbocycles. The van der Waals surface area contributed by atoms with Gasteiger partial charge in [0.05, 0.1) is 17.0 Å². The zero-order valence-corrected chi connectivity index (χ0v) is 11.9. The molecule has 2 heterocycles. The van der Waals surface area contributed by atoms with Crippen LogP contribution in [0.2, 0.25) is 0 Å². The molecule has 1 amide bonds. The predicted octanol–water partition coefficient (Wildman–Crippen LogP) is 1.11. The minimum absolute atomic E-state index is 0.0192. The average Bonchev–Trinajstić information content (AvgIpc) is 3.07. The highest BCUT2D eigenvalue weighted by Gasteiger charge is 2.11. The molecule has 0 fully saturated rings. The summed E-state index contributed by atoms with van der Waals surface area (Å²) in [5.74, 6) is 5.22. The Morgan fingerprint density at radius 1 is 1.65 bits per heavy atom. The Hall–Kier alpha value is -2.10. The fourth-order valence-corrected chi connectivity index (χ4v) is 2.44. The Morgan fingerprint density at radius 3 is 3.20 bits per heavy atom. The van der Waals surface area contributed by atoms with Crippen LogP contribution in [-0.4, -0.2) is 33.4 Å². The number of carbonyl (C=O) groups is 1. The van der Waals surface area contributed by atoms with Gasteiger partial charge in [-0.2, -0.15) is 5.10 Å². The van der Waals surface area contributed by atoms with Crippen molar-refractivity contribution in [3.05, 3.63) is 40.3 Å². The van der Waals surface area contributed by atoms with Crippen molar-refractivity contribution in [1.82, 2.24) is 15.1 Å². The van der Waals surface area contributed by atoms with E-state index in [9.17, 15) is 4.79 Å². The lowest BCUT2D eigenvalue weighted by Crippen LogP contribution is -2.35. The molecule has 0 aliphatic heterocycles. The van der Waals surface area contributed by atoms with Crippen LogP contribution in [-0.2, 0) is 6.54 Å². The van der Waals surface area contributed by atoms with Crippen LogP contribution in [0.3, 0.4) is 0 Å². The molecule has 1 atom stereocenters. The van der Waals surface area contributed by atoms with Crippen LogP contribution in [0.25, 0.3) is 0 Å². The molecule has 6 heteroatoms. The van der Waals surface area contributed by atoms with Gasteiger partial charge in [0.25, 0.3) is 5.91 Å². The second kappa shape index (κ2) is 6.89. The minimum atomic E-state index is -0.180. The van der Waals surface area contributed by atoms with E-state index in [1.807, 2.05) is 19.2 Å². The summed E-state index contributed by atoms with van der Waals surface area (Å²) in [5.41, 5.74) is 0.588. The van der Waals surface area contributed by atoms with Gasteiger partial charge in [-0.05, 0) is 19.1 Å². The van der Waals surface area contributed by atoms with E-state index >= 15 is 0 Å². The molecule has 2 N–H and O–H groups in total. The van der Waals surface area contributed by atoms with Gasteiger partial charge < -0.3 is 10.4 Å². The van der Waals surface area contributed by atoms with Gasteiger partial charge in [-0.25, -0.2) is 0 Å². The summed E-state index contributed by atoms with van der Waals surface area (Å²) in [5, 5.41) is 17.4. The molecule has 0 aromatic carbocycles. The average molecular weight is 289 g/mol. The number of thiophene rings is 1. The smallest absolute Gasteiger partial charge is 0.252 e.